The first-order valence-corrected chi connectivity index (χ1v) is 3.30. The van der Waals surface area contributed by atoms with Crippen LogP contribution >= 0.6 is 0 Å². The van der Waals surface area contributed by atoms with Crippen LogP contribution in [0, 0.1) is 0 Å². The van der Waals surface area contributed by atoms with Crippen molar-refractivity contribution in [3.8, 4) is 0 Å². The Hall–Kier alpha value is 0.309. The zero-order valence-corrected chi connectivity index (χ0v) is 6.59. The Morgan fingerprint density at radius 1 is 1.10 bits per heavy atom. The molecule has 0 aliphatic rings. The molecule has 0 saturated carbocycles. The molecule has 10 heavy (non-hydrogen) atoms. The van der Waals surface area contributed by atoms with E-state index in [0.717, 1.165) is 0 Å². The van der Waals surface area contributed by atoms with Crippen molar-refractivity contribution < 1.29 is 34.6 Å². The topological polar surface area (TPSA) is 122 Å². The third-order valence-electron chi connectivity index (χ3n) is 0.125. The molecule has 0 bridgehead atoms. The van der Waals surface area contributed by atoms with E-state index in [-0.39, 0.29) is 30.2 Å². The third kappa shape index (κ3) is 259. The van der Waals surface area contributed by atoms with Gasteiger partial charge in [0, 0.05) is 0 Å². The van der Waals surface area contributed by atoms with Crippen molar-refractivity contribution in [3.05, 3.63) is 11.5 Å². The Kier molecular flexibility index (Phi) is 15.6. The molecule has 67 valence electrons. The first-order chi connectivity index (χ1) is 3.91. The molecule has 8 heteroatoms. The minimum absolute atomic E-state index is 0. The van der Waals surface area contributed by atoms with Gasteiger partial charge in [-0.3, -0.25) is 9.11 Å². The van der Waals surface area contributed by atoms with Gasteiger partial charge in [0.25, 0.3) is 0 Å². The predicted molar refractivity (Wildman–Crippen MR) is 32.6 cm³/mol. The van der Waals surface area contributed by atoms with Crippen molar-refractivity contribution in [1.82, 2.24) is 0 Å². The summed E-state index contributed by atoms with van der Waals surface area (Å²) in [6.45, 7) is 0.472. The standard InChI is InChI=1S/C2H6N2.Cu.H2O4S/c3-1-2-4;;1-5(2,3)4/h3-4H,1-2H2;;(H2,1,2,3,4)/q-2;+2;. The molecule has 0 aliphatic heterocycles. The molecule has 0 aliphatic carbocycles. The van der Waals surface area contributed by atoms with E-state index in [1.165, 1.54) is 0 Å². The van der Waals surface area contributed by atoms with E-state index in [4.69, 9.17) is 29.0 Å². The van der Waals surface area contributed by atoms with Gasteiger partial charge in [-0.2, -0.15) is 21.5 Å². The Morgan fingerprint density at radius 3 is 1.20 bits per heavy atom. The molecule has 0 aromatic carbocycles. The SMILES string of the molecule is O=S(=O)(O)O.[Cu+2].[NH-]CC[NH-]. The Bertz CT molecular complexity index is 124. The average Bonchev–Trinajstić information content (AvgIpc) is 1.61. The van der Waals surface area contributed by atoms with Crippen LogP contribution in [-0.2, 0) is 27.5 Å². The molecule has 0 amide bonds. The largest absolute Gasteiger partial charge is 2.00 e. The van der Waals surface area contributed by atoms with E-state index in [2.05, 4.69) is 0 Å². The fourth-order valence-electron chi connectivity index (χ4n) is 0. The summed E-state index contributed by atoms with van der Waals surface area (Å²) in [6.07, 6.45) is 0. The van der Waals surface area contributed by atoms with Crippen molar-refractivity contribution in [2.24, 2.45) is 0 Å². The molecule has 0 spiro atoms. The van der Waals surface area contributed by atoms with E-state index < -0.39 is 10.4 Å². The van der Waals surface area contributed by atoms with Crippen molar-refractivity contribution in [2.45, 2.75) is 0 Å². The molecule has 6 nitrogen and oxygen atoms in total. The second kappa shape index (κ2) is 9.31. The second-order valence-electron chi connectivity index (χ2n) is 0.948. The van der Waals surface area contributed by atoms with Crippen LogP contribution in [0.1, 0.15) is 0 Å². The minimum atomic E-state index is -4.67. The summed E-state index contributed by atoms with van der Waals surface area (Å²) in [5, 5.41) is 0. The molecule has 4 N–H and O–H groups in total. The van der Waals surface area contributed by atoms with Gasteiger partial charge < -0.3 is 11.5 Å². The summed E-state index contributed by atoms with van der Waals surface area (Å²) in [5.74, 6) is 0. The Labute approximate surface area is 70.0 Å². The monoisotopic (exact) mass is 219 g/mol. The molecule has 1 radical (unpaired) electrons. The predicted octanol–water partition coefficient (Wildman–Crippen LogP) is 0.436. The van der Waals surface area contributed by atoms with Crippen molar-refractivity contribution in [3.63, 3.8) is 0 Å². The van der Waals surface area contributed by atoms with Crippen molar-refractivity contribution in [1.29, 1.82) is 0 Å². The number of hydrogen-bond donors (Lipinski definition) is 2. The summed E-state index contributed by atoms with van der Waals surface area (Å²) in [5.41, 5.74) is 12.5. The van der Waals surface area contributed by atoms with Gasteiger partial charge >= 0.3 is 27.5 Å². The van der Waals surface area contributed by atoms with E-state index in [1.807, 2.05) is 0 Å². The maximum absolute atomic E-state index is 8.74. The first kappa shape index (κ1) is 16.7. The summed E-state index contributed by atoms with van der Waals surface area (Å²) >= 11 is 0. The van der Waals surface area contributed by atoms with Gasteiger partial charge in [0.05, 0.1) is 0 Å². The van der Waals surface area contributed by atoms with E-state index >= 15 is 0 Å². The number of nitrogens with one attached hydrogen (secondary N) is 2. The molecule has 0 fully saturated rings. The second-order valence-corrected chi connectivity index (χ2v) is 1.84. The van der Waals surface area contributed by atoms with Crippen LogP contribution in [0.15, 0.2) is 0 Å². The average molecular weight is 220 g/mol. The van der Waals surface area contributed by atoms with Gasteiger partial charge in [0.15, 0.2) is 0 Å². The van der Waals surface area contributed by atoms with Crippen LogP contribution in [0.2, 0.25) is 0 Å². The van der Waals surface area contributed by atoms with Crippen molar-refractivity contribution >= 4 is 10.4 Å². The van der Waals surface area contributed by atoms with Crippen LogP contribution in [0.3, 0.4) is 0 Å². The molecule has 0 aromatic heterocycles. The molecule has 0 aromatic rings. The Balaban J connectivity index is -0.0000000910. The molecule has 0 rings (SSSR count). The van der Waals surface area contributed by atoms with Gasteiger partial charge in [-0.1, -0.05) is 0 Å². The molecule has 0 heterocycles. The fourth-order valence-corrected chi connectivity index (χ4v) is 0. The number of hydrogen-bond acceptors (Lipinski definition) is 2. The van der Waals surface area contributed by atoms with Gasteiger partial charge in [-0.15, -0.1) is 0 Å². The first-order valence-electron chi connectivity index (χ1n) is 1.91. The summed E-state index contributed by atoms with van der Waals surface area (Å²) < 4.78 is 31.6. The van der Waals surface area contributed by atoms with Crippen LogP contribution < -0.4 is 0 Å². The molecule has 0 saturated heterocycles. The van der Waals surface area contributed by atoms with E-state index in [9.17, 15) is 0 Å². The molecular formula is C2H8CuN2O4S. The van der Waals surface area contributed by atoms with Crippen LogP contribution in [0.5, 0.6) is 0 Å². The molecule has 0 atom stereocenters. The summed E-state index contributed by atoms with van der Waals surface area (Å²) in [6, 6.07) is 0. The van der Waals surface area contributed by atoms with Crippen molar-refractivity contribution in [2.75, 3.05) is 13.1 Å². The summed E-state index contributed by atoms with van der Waals surface area (Å²) in [7, 11) is -4.67. The Morgan fingerprint density at radius 2 is 1.20 bits per heavy atom. The molecular weight excluding hydrogens is 212 g/mol. The van der Waals surface area contributed by atoms with E-state index in [1.54, 1.807) is 0 Å². The zero-order chi connectivity index (χ0) is 7.91. The number of rotatable bonds is 1. The smallest absolute Gasteiger partial charge is 0.679 e. The minimum Gasteiger partial charge on any atom is -0.679 e. The molecule has 0 unspecified atom stereocenters. The van der Waals surface area contributed by atoms with Crippen LogP contribution in [0.4, 0.5) is 0 Å². The maximum Gasteiger partial charge on any atom is 2.00 e. The van der Waals surface area contributed by atoms with E-state index in [0.29, 0.717) is 0 Å². The van der Waals surface area contributed by atoms with Crippen LogP contribution in [0.25, 0.3) is 11.5 Å². The van der Waals surface area contributed by atoms with Gasteiger partial charge in [-0.05, 0) is 0 Å². The van der Waals surface area contributed by atoms with Gasteiger partial charge in [0.1, 0.15) is 0 Å². The van der Waals surface area contributed by atoms with Gasteiger partial charge in [-0.25, -0.2) is 0 Å². The summed E-state index contributed by atoms with van der Waals surface area (Å²) in [4.78, 5) is 0. The quantitative estimate of drug-likeness (QED) is 0.491. The fraction of sp³-hybridized carbons (Fsp3) is 1.00. The maximum atomic E-state index is 8.74. The normalized spacial score (nSPS) is 8.80. The van der Waals surface area contributed by atoms with Crippen LogP contribution in [-0.4, -0.2) is 30.6 Å². The van der Waals surface area contributed by atoms with Gasteiger partial charge in [0.2, 0.25) is 0 Å². The third-order valence-corrected chi connectivity index (χ3v) is 0.125. The zero-order valence-electron chi connectivity index (χ0n) is 4.83.